The van der Waals surface area contributed by atoms with Crippen LogP contribution in [0.5, 0.6) is 11.5 Å². The van der Waals surface area contributed by atoms with E-state index in [9.17, 15) is 22.4 Å². The Bertz CT molecular complexity index is 1470. The predicted octanol–water partition coefficient (Wildman–Crippen LogP) is 5.54. The molecule has 1 saturated heterocycles. The zero-order valence-corrected chi connectivity index (χ0v) is 21.7. The number of hydrogen-bond donors (Lipinski definition) is 1. The lowest BCUT2D eigenvalue weighted by molar-refractivity contribution is -0.127. The Morgan fingerprint density at radius 2 is 1.85 bits per heavy atom. The highest BCUT2D eigenvalue weighted by atomic mass is 19.2. The molecule has 2 atom stereocenters. The number of aromatic nitrogens is 2. The molecule has 4 rings (SSSR count). The second kappa shape index (κ2) is 11.8. The number of likely N-dealkylation sites (tertiary alicyclic amines) is 1. The van der Waals surface area contributed by atoms with Gasteiger partial charge in [-0.25, -0.2) is 23.1 Å². The minimum atomic E-state index is -1.76. The average Bonchev–Trinajstić information content (AvgIpc) is 2.95. The standard InChI is InChI=1S/C28H26F5N5O2/c1-4-21(39)38-9-5-6-15(12-38)14(2)25-22(28(34)37-13-36-25)26(35-3)17-8-7-16(10-18(17)29)40-27-23(32)19(30)11-20(31)24(27)33/h4,7-8,10-11,13-15H,1,5-6,9,12H2,2-3H3,(H2,34,36,37). The van der Waals surface area contributed by atoms with Crippen LogP contribution < -0.4 is 10.5 Å². The number of piperidine rings is 1. The third-order valence-electron chi connectivity index (χ3n) is 6.94. The second-order valence-corrected chi connectivity index (χ2v) is 9.31. The average molecular weight is 560 g/mol. The van der Waals surface area contributed by atoms with E-state index in [-0.39, 0.29) is 40.9 Å². The fraction of sp³-hybridized carbons (Fsp3) is 0.286. The Balaban J connectivity index is 1.68. The lowest BCUT2D eigenvalue weighted by atomic mass is 9.82. The molecule has 1 aliphatic heterocycles. The van der Waals surface area contributed by atoms with Crippen molar-refractivity contribution in [2.75, 3.05) is 25.9 Å². The van der Waals surface area contributed by atoms with Crippen LogP contribution in [0, 0.1) is 35.0 Å². The van der Waals surface area contributed by atoms with Crippen molar-refractivity contribution in [3.05, 3.63) is 89.2 Å². The van der Waals surface area contributed by atoms with Gasteiger partial charge in [-0.2, -0.15) is 8.78 Å². The molecule has 2 N–H and O–H groups in total. The second-order valence-electron chi connectivity index (χ2n) is 9.31. The van der Waals surface area contributed by atoms with Gasteiger partial charge in [0.25, 0.3) is 0 Å². The summed E-state index contributed by atoms with van der Waals surface area (Å²) >= 11 is 0. The molecule has 2 aromatic carbocycles. The van der Waals surface area contributed by atoms with E-state index in [0.717, 1.165) is 25.0 Å². The Kier molecular flexibility index (Phi) is 8.46. The molecule has 2 heterocycles. The van der Waals surface area contributed by atoms with Crippen molar-refractivity contribution in [1.29, 1.82) is 0 Å². The van der Waals surface area contributed by atoms with E-state index in [1.165, 1.54) is 25.5 Å². The van der Waals surface area contributed by atoms with Gasteiger partial charge >= 0.3 is 0 Å². The molecule has 2 unspecified atom stereocenters. The summed E-state index contributed by atoms with van der Waals surface area (Å²) in [5, 5.41) is 0. The van der Waals surface area contributed by atoms with E-state index in [2.05, 4.69) is 21.5 Å². The number of hydrogen-bond acceptors (Lipinski definition) is 6. The molecule has 40 heavy (non-hydrogen) atoms. The van der Waals surface area contributed by atoms with Gasteiger partial charge in [0.15, 0.2) is 11.6 Å². The molecule has 210 valence electrons. The van der Waals surface area contributed by atoms with Crippen LogP contribution in [-0.2, 0) is 4.79 Å². The summed E-state index contributed by atoms with van der Waals surface area (Å²) in [6.07, 6.45) is 4.17. The predicted molar refractivity (Wildman–Crippen MR) is 139 cm³/mol. The van der Waals surface area contributed by atoms with Gasteiger partial charge in [-0.15, -0.1) is 0 Å². The smallest absolute Gasteiger partial charge is 0.245 e. The number of rotatable bonds is 7. The molecule has 7 nitrogen and oxygen atoms in total. The van der Waals surface area contributed by atoms with E-state index in [1.807, 2.05) is 6.92 Å². The number of nitrogens with two attached hydrogens (primary N) is 1. The Morgan fingerprint density at radius 1 is 1.15 bits per heavy atom. The highest BCUT2D eigenvalue weighted by Crippen LogP contribution is 2.36. The maximum Gasteiger partial charge on any atom is 0.245 e. The van der Waals surface area contributed by atoms with Crippen molar-refractivity contribution < 1.29 is 31.5 Å². The van der Waals surface area contributed by atoms with Gasteiger partial charge in [0, 0.05) is 43.8 Å². The Hall–Kier alpha value is -4.35. The molecule has 0 saturated carbocycles. The zero-order valence-electron chi connectivity index (χ0n) is 21.7. The van der Waals surface area contributed by atoms with Crippen LogP contribution in [0.25, 0.3) is 0 Å². The van der Waals surface area contributed by atoms with Crippen molar-refractivity contribution in [3.8, 4) is 11.5 Å². The molecule has 1 amide bonds. The number of halogens is 5. The number of nitrogens with zero attached hydrogens (tertiary/aromatic N) is 4. The van der Waals surface area contributed by atoms with Crippen molar-refractivity contribution in [1.82, 2.24) is 14.9 Å². The highest BCUT2D eigenvalue weighted by Gasteiger charge is 2.32. The molecule has 3 aromatic rings. The molecule has 1 aliphatic rings. The summed E-state index contributed by atoms with van der Waals surface area (Å²) in [5.74, 6) is -9.86. The largest absolute Gasteiger partial charge is 0.451 e. The maximum absolute atomic E-state index is 15.4. The first-order chi connectivity index (χ1) is 19.1. The molecule has 0 bridgehead atoms. The van der Waals surface area contributed by atoms with E-state index in [4.69, 9.17) is 10.5 Å². The number of nitrogen functional groups attached to an aromatic ring is 1. The monoisotopic (exact) mass is 559 g/mol. The van der Waals surface area contributed by atoms with Gasteiger partial charge in [0.05, 0.1) is 17.0 Å². The summed E-state index contributed by atoms with van der Waals surface area (Å²) in [5.41, 5.74) is 7.08. The lowest BCUT2D eigenvalue weighted by Crippen LogP contribution is -2.40. The Labute approximate surface area is 227 Å². The summed E-state index contributed by atoms with van der Waals surface area (Å²) in [7, 11) is 1.42. The van der Waals surface area contributed by atoms with Gasteiger partial charge in [0.1, 0.15) is 23.7 Å². The number of carbonyl (C=O) groups excluding carboxylic acids is 1. The zero-order chi connectivity index (χ0) is 29.1. The van der Waals surface area contributed by atoms with E-state index >= 15 is 4.39 Å². The summed E-state index contributed by atoms with van der Waals surface area (Å²) < 4.78 is 75.6. The minimum Gasteiger partial charge on any atom is -0.451 e. The SMILES string of the molecule is C=CC(=O)N1CCCC(C(C)c2ncnc(N)c2C(=NC)c2ccc(Oc3c(F)c(F)cc(F)c3F)cc2F)C1. The minimum absolute atomic E-state index is 0.0147. The van der Waals surface area contributed by atoms with Crippen molar-refractivity contribution >= 4 is 17.4 Å². The molecular formula is C28H26F5N5O2. The molecule has 1 fully saturated rings. The van der Waals surface area contributed by atoms with Crippen molar-refractivity contribution in [2.24, 2.45) is 10.9 Å². The molecule has 12 heteroatoms. The quantitative estimate of drug-likeness (QED) is 0.178. The van der Waals surface area contributed by atoms with E-state index in [0.29, 0.717) is 24.3 Å². The van der Waals surface area contributed by atoms with E-state index in [1.54, 1.807) is 4.90 Å². The molecular weight excluding hydrogens is 533 g/mol. The molecule has 0 aliphatic carbocycles. The van der Waals surface area contributed by atoms with Crippen LogP contribution in [-0.4, -0.2) is 46.6 Å². The molecule has 0 radical (unpaired) electrons. The number of anilines is 1. The topological polar surface area (TPSA) is 93.7 Å². The first-order valence-corrected chi connectivity index (χ1v) is 12.4. The van der Waals surface area contributed by atoms with Crippen LogP contribution in [0.4, 0.5) is 27.8 Å². The van der Waals surface area contributed by atoms with Gasteiger partial charge < -0.3 is 15.4 Å². The van der Waals surface area contributed by atoms with Crippen LogP contribution in [0.3, 0.4) is 0 Å². The fourth-order valence-corrected chi connectivity index (χ4v) is 4.85. The van der Waals surface area contributed by atoms with Gasteiger partial charge in [0.2, 0.25) is 23.3 Å². The van der Waals surface area contributed by atoms with Gasteiger partial charge in [-0.05, 0) is 37.0 Å². The summed E-state index contributed by atoms with van der Waals surface area (Å²) in [4.78, 5) is 26.7. The summed E-state index contributed by atoms with van der Waals surface area (Å²) in [6.45, 7) is 6.57. The first kappa shape index (κ1) is 28.7. The lowest BCUT2D eigenvalue weighted by Gasteiger charge is -2.35. The maximum atomic E-state index is 15.4. The summed E-state index contributed by atoms with van der Waals surface area (Å²) in [6, 6.07) is 3.22. The first-order valence-electron chi connectivity index (χ1n) is 12.4. The van der Waals surface area contributed by atoms with Crippen LogP contribution in [0.1, 0.15) is 42.5 Å². The van der Waals surface area contributed by atoms with Gasteiger partial charge in [-0.1, -0.05) is 13.5 Å². The van der Waals surface area contributed by atoms with Crippen LogP contribution >= 0.6 is 0 Å². The van der Waals surface area contributed by atoms with Crippen LogP contribution in [0.2, 0.25) is 0 Å². The normalized spacial score (nSPS) is 16.5. The van der Waals surface area contributed by atoms with Crippen LogP contribution in [0.15, 0.2) is 48.2 Å². The van der Waals surface area contributed by atoms with Crippen molar-refractivity contribution in [2.45, 2.75) is 25.7 Å². The van der Waals surface area contributed by atoms with Gasteiger partial charge in [-0.3, -0.25) is 9.79 Å². The number of amides is 1. The van der Waals surface area contributed by atoms with E-state index < -0.39 is 40.6 Å². The Morgan fingerprint density at radius 3 is 2.48 bits per heavy atom. The number of benzene rings is 2. The third kappa shape index (κ3) is 5.51. The highest BCUT2D eigenvalue weighted by molar-refractivity contribution is 6.16. The number of carbonyl (C=O) groups is 1. The molecule has 1 aromatic heterocycles. The van der Waals surface area contributed by atoms with Crippen molar-refractivity contribution in [3.63, 3.8) is 0 Å². The molecule has 0 spiro atoms. The number of ether oxygens (including phenoxy) is 1. The third-order valence-corrected chi connectivity index (χ3v) is 6.94. The number of aliphatic imine (C=N–C) groups is 1. The fourth-order valence-electron chi connectivity index (χ4n) is 4.85.